The summed E-state index contributed by atoms with van der Waals surface area (Å²) in [4.78, 5) is 16.0. The van der Waals surface area contributed by atoms with Crippen LogP contribution in [0.25, 0.3) is 0 Å². The molecule has 32 heavy (non-hydrogen) atoms. The number of hydrogen-bond donors (Lipinski definition) is 0. The van der Waals surface area contributed by atoms with Gasteiger partial charge in [0.25, 0.3) is 0 Å². The number of sulfonamides is 1. The topological polar surface area (TPSA) is 66.9 Å². The Bertz CT molecular complexity index is 1090. The molecule has 1 amide bonds. The smallest absolute Gasteiger partial charge is 0.243 e. The highest BCUT2D eigenvalue weighted by atomic mass is 32.2. The summed E-state index contributed by atoms with van der Waals surface area (Å²) >= 11 is 0. The average Bonchev–Trinajstić information content (AvgIpc) is 3.33. The Morgan fingerprint density at radius 2 is 1.56 bits per heavy atom. The summed E-state index contributed by atoms with van der Waals surface area (Å²) in [7, 11) is -3.55. The quantitative estimate of drug-likeness (QED) is 0.713. The molecule has 3 aliphatic rings. The highest BCUT2D eigenvalue weighted by Crippen LogP contribution is 2.37. The van der Waals surface area contributed by atoms with Crippen molar-refractivity contribution in [2.75, 3.05) is 39.4 Å². The number of carbonyl (C=O) groups excluding carboxylic acids is 1. The average molecular weight is 455 g/mol. The number of aryl methyl sites for hydroxylation is 2. The Morgan fingerprint density at radius 3 is 2.28 bits per heavy atom. The van der Waals surface area contributed by atoms with E-state index >= 15 is 0 Å². The second-order valence-electron chi connectivity index (χ2n) is 9.04. The lowest BCUT2D eigenvalue weighted by Gasteiger charge is -2.42. The minimum atomic E-state index is -3.55. The minimum absolute atomic E-state index is 0.0987. The van der Waals surface area contributed by atoms with E-state index < -0.39 is 15.4 Å². The van der Waals surface area contributed by atoms with Gasteiger partial charge in [0, 0.05) is 39.4 Å². The maximum absolute atomic E-state index is 13.7. The molecule has 0 saturated carbocycles. The molecule has 2 fully saturated rings. The van der Waals surface area contributed by atoms with Crippen molar-refractivity contribution >= 4 is 15.9 Å². The zero-order valence-electron chi connectivity index (χ0n) is 18.3. The van der Waals surface area contributed by atoms with Gasteiger partial charge in [-0.3, -0.25) is 4.79 Å². The van der Waals surface area contributed by atoms with Gasteiger partial charge in [-0.15, -0.1) is 0 Å². The molecule has 0 N–H and O–H groups in total. The highest BCUT2D eigenvalue weighted by Gasteiger charge is 2.45. The third-order valence-electron chi connectivity index (χ3n) is 7.32. The van der Waals surface area contributed by atoms with Crippen LogP contribution in [0.4, 0.5) is 0 Å². The molecule has 0 radical (unpaired) electrons. The lowest BCUT2D eigenvalue weighted by molar-refractivity contribution is -0.142. The normalized spacial score (nSPS) is 21.3. The number of nitrogens with zero attached hydrogens (tertiary/aromatic N) is 2. The first kappa shape index (κ1) is 21.6. The molecule has 0 bridgehead atoms. The van der Waals surface area contributed by atoms with Gasteiger partial charge in [-0.2, -0.15) is 4.31 Å². The zero-order chi connectivity index (χ0) is 22.2. The molecule has 0 aromatic heterocycles. The SMILES string of the molecule is O=C(N1CCN(S(=O)(=O)c2ccc3c(c2)CCC3)CC1)C1(c2ccccc2)CCOCC1. The van der Waals surface area contributed by atoms with E-state index in [2.05, 4.69) is 0 Å². The van der Waals surface area contributed by atoms with Crippen molar-refractivity contribution in [1.82, 2.24) is 9.21 Å². The number of carbonyl (C=O) groups is 1. The van der Waals surface area contributed by atoms with Crippen LogP contribution in [0.1, 0.15) is 36.0 Å². The molecular weight excluding hydrogens is 424 g/mol. The summed E-state index contributed by atoms with van der Waals surface area (Å²) in [6.45, 7) is 2.61. The Balaban J connectivity index is 1.32. The van der Waals surface area contributed by atoms with Crippen molar-refractivity contribution < 1.29 is 17.9 Å². The second kappa shape index (κ2) is 8.61. The van der Waals surface area contributed by atoms with Gasteiger partial charge < -0.3 is 9.64 Å². The van der Waals surface area contributed by atoms with Gasteiger partial charge in [0.15, 0.2) is 0 Å². The first-order valence-electron chi connectivity index (χ1n) is 11.6. The molecule has 2 saturated heterocycles. The summed E-state index contributed by atoms with van der Waals surface area (Å²) < 4.78 is 33.6. The molecule has 0 atom stereocenters. The van der Waals surface area contributed by atoms with Crippen LogP contribution < -0.4 is 0 Å². The fourth-order valence-electron chi connectivity index (χ4n) is 5.39. The molecule has 7 heteroatoms. The molecule has 2 aromatic carbocycles. The van der Waals surface area contributed by atoms with Crippen LogP contribution in [0, 0.1) is 0 Å². The van der Waals surface area contributed by atoms with Gasteiger partial charge in [0.2, 0.25) is 15.9 Å². The van der Waals surface area contributed by atoms with Crippen molar-refractivity contribution in [3.63, 3.8) is 0 Å². The Kier molecular flexibility index (Phi) is 5.82. The van der Waals surface area contributed by atoms with Crippen LogP contribution in [-0.4, -0.2) is 62.9 Å². The van der Waals surface area contributed by atoms with Gasteiger partial charge in [-0.25, -0.2) is 8.42 Å². The van der Waals surface area contributed by atoms with E-state index in [1.54, 1.807) is 6.07 Å². The van der Waals surface area contributed by atoms with Gasteiger partial charge in [0.1, 0.15) is 0 Å². The van der Waals surface area contributed by atoms with E-state index in [0.717, 1.165) is 30.4 Å². The van der Waals surface area contributed by atoms with Crippen LogP contribution in [-0.2, 0) is 37.8 Å². The first-order valence-corrected chi connectivity index (χ1v) is 13.0. The van der Waals surface area contributed by atoms with Crippen LogP contribution in [0.5, 0.6) is 0 Å². The maximum atomic E-state index is 13.7. The van der Waals surface area contributed by atoms with Gasteiger partial charge in [0.05, 0.1) is 10.3 Å². The molecular formula is C25H30N2O4S. The summed E-state index contributed by atoms with van der Waals surface area (Å²) in [5.74, 6) is 0.0987. The lowest BCUT2D eigenvalue weighted by atomic mass is 9.73. The van der Waals surface area contributed by atoms with Crippen molar-refractivity contribution in [2.45, 2.75) is 42.4 Å². The fourth-order valence-corrected chi connectivity index (χ4v) is 6.87. The van der Waals surface area contributed by atoms with E-state index in [1.165, 1.54) is 9.87 Å². The van der Waals surface area contributed by atoms with Crippen molar-refractivity contribution in [2.24, 2.45) is 0 Å². The fraction of sp³-hybridized carbons (Fsp3) is 0.480. The molecule has 2 aliphatic heterocycles. The summed E-state index contributed by atoms with van der Waals surface area (Å²) in [5, 5.41) is 0. The van der Waals surface area contributed by atoms with Gasteiger partial charge >= 0.3 is 0 Å². The summed E-state index contributed by atoms with van der Waals surface area (Å²) in [5.41, 5.74) is 2.87. The maximum Gasteiger partial charge on any atom is 0.243 e. The second-order valence-corrected chi connectivity index (χ2v) is 11.0. The zero-order valence-corrected chi connectivity index (χ0v) is 19.1. The van der Waals surface area contributed by atoms with Gasteiger partial charge in [-0.1, -0.05) is 36.4 Å². The third-order valence-corrected chi connectivity index (χ3v) is 9.21. The van der Waals surface area contributed by atoms with Crippen LogP contribution >= 0.6 is 0 Å². The number of piperazine rings is 1. The number of hydrogen-bond acceptors (Lipinski definition) is 4. The van der Waals surface area contributed by atoms with Gasteiger partial charge in [-0.05, 0) is 60.9 Å². The Labute approximate surface area is 190 Å². The number of ether oxygens (including phenoxy) is 1. The minimum Gasteiger partial charge on any atom is -0.381 e. The Hall–Kier alpha value is -2.22. The predicted octanol–water partition coefficient (Wildman–Crippen LogP) is 2.76. The molecule has 170 valence electrons. The summed E-state index contributed by atoms with van der Waals surface area (Å²) in [6.07, 6.45) is 4.39. The van der Waals surface area contributed by atoms with Crippen LogP contribution in [0.2, 0.25) is 0 Å². The number of fused-ring (bicyclic) bond motifs is 1. The van der Waals surface area contributed by atoms with E-state index in [1.807, 2.05) is 47.4 Å². The molecule has 2 aromatic rings. The third kappa shape index (κ3) is 3.76. The van der Waals surface area contributed by atoms with E-state index in [4.69, 9.17) is 4.74 Å². The largest absolute Gasteiger partial charge is 0.381 e. The first-order chi connectivity index (χ1) is 15.5. The molecule has 1 aliphatic carbocycles. The number of amides is 1. The summed E-state index contributed by atoms with van der Waals surface area (Å²) in [6, 6.07) is 15.5. The van der Waals surface area contributed by atoms with Crippen LogP contribution in [0.3, 0.4) is 0 Å². The predicted molar refractivity (Wildman–Crippen MR) is 122 cm³/mol. The molecule has 0 spiro atoms. The lowest BCUT2D eigenvalue weighted by Crippen LogP contribution is -2.56. The molecule has 6 nitrogen and oxygen atoms in total. The van der Waals surface area contributed by atoms with Crippen molar-refractivity contribution in [1.29, 1.82) is 0 Å². The standard InChI is InChI=1S/C25H30N2O4S/c28-24(25(11-17-31-18-12-25)22-7-2-1-3-8-22)26-13-15-27(16-14-26)32(29,30)23-10-9-20-5-4-6-21(20)19-23/h1-3,7-10,19H,4-6,11-18H2. The van der Waals surface area contributed by atoms with Crippen LogP contribution in [0.15, 0.2) is 53.4 Å². The van der Waals surface area contributed by atoms with E-state index in [9.17, 15) is 13.2 Å². The van der Waals surface area contributed by atoms with Crippen molar-refractivity contribution in [3.8, 4) is 0 Å². The van der Waals surface area contributed by atoms with E-state index in [-0.39, 0.29) is 5.91 Å². The van der Waals surface area contributed by atoms with Crippen molar-refractivity contribution in [3.05, 3.63) is 65.2 Å². The molecule has 0 unspecified atom stereocenters. The number of benzene rings is 2. The molecule has 5 rings (SSSR count). The number of rotatable bonds is 4. The highest BCUT2D eigenvalue weighted by molar-refractivity contribution is 7.89. The Morgan fingerprint density at radius 1 is 0.875 bits per heavy atom. The van der Waals surface area contributed by atoms with E-state index in [0.29, 0.717) is 57.1 Å². The monoisotopic (exact) mass is 454 g/mol. The molecule has 2 heterocycles.